The molecular weight excluding hydrogens is 463 g/mol. The van der Waals surface area contributed by atoms with Crippen molar-refractivity contribution in [2.45, 2.75) is 11.8 Å². The fourth-order valence-electron chi connectivity index (χ4n) is 2.36. The Morgan fingerprint density at radius 3 is 2.52 bits per heavy atom. The lowest BCUT2D eigenvalue weighted by atomic mass is 10.2. The molecule has 0 amide bonds. The minimum Gasteiger partial charge on any atom is -0.462 e. The second-order valence-electron chi connectivity index (χ2n) is 5.98. The van der Waals surface area contributed by atoms with E-state index in [4.69, 9.17) is 32.7 Å². The molecule has 164 valence electrons. The third kappa shape index (κ3) is 7.13. The van der Waals surface area contributed by atoms with Crippen molar-refractivity contribution < 1.29 is 22.7 Å². The van der Waals surface area contributed by atoms with Gasteiger partial charge in [-0.3, -0.25) is 9.71 Å². The number of aliphatic imine (C=N–C) groups is 1. The number of anilines is 1. The summed E-state index contributed by atoms with van der Waals surface area (Å²) in [5.74, 6) is -0.431. The van der Waals surface area contributed by atoms with Gasteiger partial charge >= 0.3 is 5.97 Å². The van der Waals surface area contributed by atoms with Gasteiger partial charge in [0.2, 0.25) is 0 Å². The van der Waals surface area contributed by atoms with Gasteiger partial charge in [0.25, 0.3) is 10.0 Å². The highest BCUT2D eigenvalue weighted by molar-refractivity contribution is 7.92. The van der Waals surface area contributed by atoms with Crippen molar-refractivity contribution in [2.24, 2.45) is 4.99 Å². The molecule has 0 atom stereocenters. The highest BCUT2D eigenvalue weighted by Crippen LogP contribution is 2.27. The zero-order valence-corrected chi connectivity index (χ0v) is 19.1. The minimum atomic E-state index is -3.90. The van der Waals surface area contributed by atoms with E-state index < -0.39 is 16.0 Å². The van der Waals surface area contributed by atoms with Gasteiger partial charge in [0.05, 0.1) is 16.5 Å². The Labute approximate surface area is 191 Å². The van der Waals surface area contributed by atoms with E-state index in [0.717, 1.165) is 0 Å². The molecule has 7 nitrogen and oxygen atoms in total. The van der Waals surface area contributed by atoms with Crippen LogP contribution in [0, 0.1) is 0 Å². The summed E-state index contributed by atoms with van der Waals surface area (Å²) in [6.45, 7) is 5.50. The number of nitrogens with one attached hydrogen (secondary N) is 1. The Bertz CT molecular complexity index is 1130. The number of ether oxygens (including phenoxy) is 2. The predicted molar refractivity (Wildman–Crippen MR) is 123 cm³/mol. The predicted octanol–water partition coefficient (Wildman–Crippen LogP) is 5.03. The molecule has 10 heteroatoms. The Morgan fingerprint density at radius 1 is 1.23 bits per heavy atom. The number of sulfonamides is 1. The number of esters is 1. The van der Waals surface area contributed by atoms with Crippen molar-refractivity contribution in [1.82, 2.24) is 0 Å². The summed E-state index contributed by atoms with van der Waals surface area (Å²) in [6, 6.07) is 9.84. The highest BCUT2D eigenvalue weighted by Gasteiger charge is 2.19. The molecule has 0 aliphatic heterocycles. The van der Waals surface area contributed by atoms with Crippen LogP contribution in [0.1, 0.15) is 17.3 Å². The number of benzene rings is 2. The number of hydrogen-bond acceptors (Lipinski definition) is 6. The van der Waals surface area contributed by atoms with E-state index in [2.05, 4.69) is 16.3 Å². The molecule has 0 radical (unpaired) electrons. The first-order valence-corrected chi connectivity index (χ1v) is 11.2. The van der Waals surface area contributed by atoms with Crippen LogP contribution in [-0.2, 0) is 14.8 Å². The van der Waals surface area contributed by atoms with Crippen LogP contribution >= 0.6 is 23.2 Å². The van der Waals surface area contributed by atoms with Gasteiger partial charge in [-0.15, -0.1) is 0 Å². The van der Waals surface area contributed by atoms with Crippen LogP contribution in [0.3, 0.4) is 0 Å². The summed E-state index contributed by atoms with van der Waals surface area (Å²) >= 11 is 11.8. The van der Waals surface area contributed by atoms with Crippen LogP contribution in [0.2, 0.25) is 5.02 Å². The lowest BCUT2D eigenvalue weighted by Crippen LogP contribution is -2.14. The monoisotopic (exact) mass is 482 g/mol. The number of nitrogens with zero attached hydrogens (tertiary/aromatic N) is 1. The molecule has 0 fully saturated rings. The first kappa shape index (κ1) is 24.5. The van der Waals surface area contributed by atoms with Gasteiger partial charge in [0, 0.05) is 30.0 Å². The summed E-state index contributed by atoms with van der Waals surface area (Å²) in [7, 11) is -2.35. The molecule has 0 aliphatic carbocycles. The first-order valence-electron chi connectivity index (χ1n) is 8.92. The largest absolute Gasteiger partial charge is 0.462 e. The van der Waals surface area contributed by atoms with Crippen molar-refractivity contribution in [1.29, 1.82) is 0 Å². The second kappa shape index (κ2) is 11.0. The standard InChI is InChI=1S/C21H20Cl2N2O5S/c1-4-29-21(26)19-12-17(25-31(27,28)18-8-5-15(22)6-9-18)7-10-20(19)30-14(2)11-16(23)13-24-3/h5-13,25H,2,4H2,1,3H3/b16-11+,24-13?. The molecule has 0 bridgehead atoms. The molecule has 2 rings (SSSR count). The fraction of sp³-hybridized carbons (Fsp3) is 0.143. The molecule has 0 unspecified atom stereocenters. The molecular formula is C21H20Cl2N2O5S. The average molecular weight is 483 g/mol. The molecule has 2 aromatic rings. The van der Waals surface area contributed by atoms with Gasteiger partial charge in [-0.2, -0.15) is 0 Å². The molecule has 0 aromatic heterocycles. The summed E-state index contributed by atoms with van der Waals surface area (Å²) in [6.07, 6.45) is 2.82. The zero-order valence-electron chi connectivity index (χ0n) is 16.8. The maximum atomic E-state index is 12.6. The van der Waals surface area contributed by atoms with Gasteiger partial charge in [-0.05, 0) is 49.4 Å². The lowest BCUT2D eigenvalue weighted by molar-refractivity contribution is 0.0523. The molecule has 0 saturated heterocycles. The Balaban J connectivity index is 2.36. The van der Waals surface area contributed by atoms with Crippen molar-refractivity contribution in [2.75, 3.05) is 18.4 Å². The van der Waals surface area contributed by atoms with E-state index in [1.807, 2.05) is 0 Å². The van der Waals surface area contributed by atoms with Gasteiger partial charge in [-0.25, -0.2) is 13.2 Å². The molecule has 31 heavy (non-hydrogen) atoms. The number of allylic oxidation sites excluding steroid dienone is 2. The van der Waals surface area contributed by atoms with E-state index >= 15 is 0 Å². The summed E-state index contributed by atoms with van der Waals surface area (Å²) in [5.41, 5.74) is 0.149. The van der Waals surface area contributed by atoms with Crippen LogP contribution in [0.15, 0.2) is 75.8 Å². The van der Waals surface area contributed by atoms with E-state index in [0.29, 0.717) is 5.02 Å². The first-order chi connectivity index (χ1) is 14.7. The van der Waals surface area contributed by atoms with E-state index in [9.17, 15) is 13.2 Å². The third-order valence-electron chi connectivity index (χ3n) is 3.64. The van der Waals surface area contributed by atoms with Crippen LogP contribution < -0.4 is 9.46 Å². The third-order valence-corrected chi connectivity index (χ3v) is 5.50. The van der Waals surface area contributed by atoms with Crippen molar-refractivity contribution >= 4 is 51.1 Å². The summed E-state index contributed by atoms with van der Waals surface area (Å²) < 4.78 is 38.3. The molecule has 0 heterocycles. The minimum absolute atomic E-state index is 0.00740. The SMILES string of the molecule is C=C(/C=C(/Cl)C=NC)Oc1ccc(NS(=O)(=O)c2ccc(Cl)cc2)cc1C(=O)OCC. The van der Waals surface area contributed by atoms with Crippen molar-refractivity contribution in [3.8, 4) is 5.75 Å². The van der Waals surface area contributed by atoms with Crippen LogP contribution in [0.4, 0.5) is 5.69 Å². The van der Waals surface area contributed by atoms with E-state index in [1.165, 1.54) is 54.8 Å². The summed E-state index contributed by atoms with van der Waals surface area (Å²) in [4.78, 5) is 16.2. The average Bonchev–Trinajstić information content (AvgIpc) is 2.69. The smallest absolute Gasteiger partial charge is 0.342 e. The van der Waals surface area contributed by atoms with Gasteiger partial charge in [0.1, 0.15) is 17.1 Å². The van der Waals surface area contributed by atoms with E-state index in [-0.39, 0.29) is 39.3 Å². The molecule has 0 spiro atoms. The zero-order chi connectivity index (χ0) is 23.0. The maximum Gasteiger partial charge on any atom is 0.342 e. The molecule has 1 N–H and O–H groups in total. The second-order valence-corrected chi connectivity index (χ2v) is 8.53. The van der Waals surface area contributed by atoms with Crippen LogP contribution in [0.25, 0.3) is 0 Å². The van der Waals surface area contributed by atoms with Gasteiger partial charge in [-0.1, -0.05) is 29.8 Å². The molecule has 0 aliphatic rings. The van der Waals surface area contributed by atoms with Crippen LogP contribution in [-0.4, -0.2) is 34.3 Å². The fourth-order valence-corrected chi connectivity index (χ4v) is 3.76. The van der Waals surface area contributed by atoms with Gasteiger partial charge < -0.3 is 9.47 Å². The number of carbonyl (C=O) groups excluding carboxylic acids is 1. The highest BCUT2D eigenvalue weighted by atomic mass is 35.5. The topological polar surface area (TPSA) is 94.1 Å². The Kier molecular flexibility index (Phi) is 8.67. The quantitative estimate of drug-likeness (QED) is 0.234. The summed E-state index contributed by atoms with van der Waals surface area (Å²) in [5, 5.41) is 0.683. The van der Waals surface area contributed by atoms with Crippen LogP contribution in [0.5, 0.6) is 5.75 Å². The number of hydrogen-bond donors (Lipinski definition) is 1. The Morgan fingerprint density at radius 2 is 1.90 bits per heavy atom. The maximum absolute atomic E-state index is 12.6. The molecule has 0 saturated carbocycles. The van der Waals surface area contributed by atoms with Crippen molar-refractivity contribution in [3.05, 3.63) is 76.5 Å². The van der Waals surface area contributed by atoms with Gasteiger partial charge in [0.15, 0.2) is 0 Å². The number of carbonyl (C=O) groups is 1. The number of halogens is 2. The number of rotatable bonds is 9. The Hall–Kier alpha value is -2.81. The van der Waals surface area contributed by atoms with Crippen molar-refractivity contribution in [3.63, 3.8) is 0 Å². The lowest BCUT2D eigenvalue weighted by Gasteiger charge is -2.14. The molecule has 2 aromatic carbocycles. The van der Waals surface area contributed by atoms with E-state index in [1.54, 1.807) is 14.0 Å². The normalized spacial score (nSPS) is 11.9.